The zero-order chi connectivity index (χ0) is 12.5. The van der Waals surface area contributed by atoms with Gasteiger partial charge in [0.15, 0.2) is 0 Å². The molecule has 0 amide bonds. The zero-order valence-corrected chi connectivity index (χ0v) is 10.3. The number of nitrogens with one attached hydrogen (secondary N) is 1. The molecule has 92 valence electrons. The minimum absolute atomic E-state index is 0.339. The summed E-state index contributed by atoms with van der Waals surface area (Å²) in [6.45, 7) is 4.87. The lowest BCUT2D eigenvalue weighted by Crippen LogP contribution is -2.11. The van der Waals surface area contributed by atoms with Crippen LogP contribution in [0.15, 0.2) is 30.5 Å². The summed E-state index contributed by atoms with van der Waals surface area (Å²) in [5.41, 5.74) is 0.481. The molecule has 4 heteroatoms. The monoisotopic (exact) mass is 234 g/mol. The number of carbonyl (C=O) groups excluding carboxylic acids is 1. The second-order valence-electron chi connectivity index (χ2n) is 3.40. The van der Waals surface area contributed by atoms with Crippen LogP contribution in [-0.2, 0) is 4.74 Å². The largest absolute Gasteiger partial charge is 0.462 e. The maximum Gasteiger partial charge on any atom is 0.341 e. The Labute approximate surface area is 102 Å². The molecule has 0 atom stereocenters. The first-order valence-electron chi connectivity index (χ1n) is 5.76. The van der Waals surface area contributed by atoms with E-state index in [1.807, 2.05) is 13.0 Å². The Morgan fingerprint density at radius 1 is 1.59 bits per heavy atom. The van der Waals surface area contributed by atoms with Gasteiger partial charge in [-0.05, 0) is 32.4 Å². The maximum atomic E-state index is 11.6. The summed E-state index contributed by atoms with van der Waals surface area (Å²) < 4.78 is 4.96. The fourth-order valence-corrected chi connectivity index (χ4v) is 1.36. The highest BCUT2D eigenvalue weighted by Crippen LogP contribution is 2.12. The van der Waals surface area contributed by atoms with E-state index >= 15 is 0 Å². The van der Waals surface area contributed by atoms with Gasteiger partial charge in [-0.2, -0.15) is 0 Å². The van der Waals surface area contributed by atoms with Crippen molar-refractivity contribution in [3.05, 3.63) is 36.0 Å². The van der Waals surface area contributed by atoms with Crippen LogP contribution >= 0.6 is 0 Å². The molecule has 0 aliphatic heterocycles. The van der Waals surface area contributed by atoms with Crippen molar-refractivity contribution in [3.8, 4) is 0 Å². The Bertz CT molecular complexity index is 389. The van der Waals surface area contributed by atoms with Crippen molar-refractivity contribution in [2.75, 3.05) is 18.5 Å². The lowest BCUT2D eigenvalue weighted by atomic mass is 10.2. The summed E-state index contributed by atoms with van der Waals surface area (Å²) in [6, 6.07) is 3.44. The third-order valence-corrected chi connectivity index (χ3v) is 2.14. The summed E-state index contributed by atoms with van der Waals surface area (Å²) in [4.78, 5) is 15.8. The predicted molar refractivity (Wildman–Crippen MR) is 68.1 cm³/mol. The number of rotatable bonds is 6. The molecule has 1 aromatic heterocycles. The van der Waals surface area contributed by atoms with Crippen molar-refractivity contribution < 1.29 is 9.53 Å². The van der Waals surface area contributed by atoms with Crippen molar-refractivity contribution in [1.29, 1.82) is 0 Å². The normalized spacial score (nSPS) is 10.5. The van der Waals surface area contributed by atoms with Gasteiger partial charge in [0.2, 0.25) is 0 Å². The molecule has 1 aromatic rings. The molecule has 0 aliphatic carbocycles. The van der Waals surface area contributed by atoms with Crippen molar-refractivity contribution in [1.82, 2.24) is 4.98 Å². The van der Waals surface area contributed by atoms with Crippen molar-refractivity contribution in [2.45, 2.75) is 20.3 Å². The minimum atomic E-state index is -0.339. The first-order valence-corrected chi connectivity index (χ1v) is 5.76. The zero-order valence-electron chi connectivity index (χ0n) is 10.3. The average molecular weight is 234 g/mol. The van der Waals surface area contributed by atoms with Crippen LogP contribution in [-0.4, -0.2) is 24.1 Å². The van der Waals surface area contributed by atoms with Gasteiger partial charge in [0.25, 0.3) is 0 Å². The number of hydrogen-bond acceptors (Lipinski definition) is 4. The third-order valence-electron chi connectivity index (χ3n) is 2.14. The number of anilines is 1. The Hall–Kier alpha value is -1.84. The summed E-state index contributed by atoms with van der Waals surface area (Å²) in [5, 5.41) is 3.12. The Kier molecular flexibility index (Phi) is 5.79. The Morgan fingerprint density at radius 2 is 2.41 bits per heavy atom. The number of carbonyl (C=O) groups is 1. The van der Waals surface area contributed by atoms with Crippen molar-refractivity contribution >= 4 is 11.8 Å². The Morgan fingerprint density at radius 3 is 3.12 bits per heavy atom. The fourth-order valence-electron chi connectivity index (χ4n) is 1.36. The Balaban J connectivity index is 2.67. The van der Waals surface area contributed by atoms with E-state index < -0.39 is 0 Å². The van der Waals surface area contributed by atoms with Gasteiger partial charge in [-0.3, -0.25) is 0 Å². The number of ether oxygens (including phenoxy) is 1. The molecular weight excluding hydrogens is 216 g/mol. The van der Waals surface area contributed by atoms with Crippen LogP contribution in [0.2, 0.25) is 0 Å². The van der Waals surface area contributed by atoms with E-state index in [1.54, 1.807) is 25.3 Å². The van der Waals surface area contributed by atoms with Gasteiger partial charge in [0, 0.05) is 12.7 Å². The molecule has 0 saturated heterocycles. The van der Waals surface area contributed by atoms with Gasteiger partial charge < -0.3 is 10.1 Å². The van der Waals surface area contributed by atoms with Crippen molar-refractivity contribution in [3.63, 3.8) is 0 Å². The summed E-state index contributed by atoms with van der Waals surface area (Å²) in [7, 11) is 0. The first-order chi connectivity index (χ1) is 8.29. The lowest BCUT2D eigenvalue weighted by Gasteiger charge is -2.08. The van der Waals surface area contributed by atoms with Crippen LogP contribution in [0, 0.1) is 0 Å². The molecule has 0 bridgehead atoms. The molecule has 1 N–H and O–H groups in total. The van der Waals surface area contributed by atoms with E-state index in [0.717, 1.165) is 13.0 Å². The summed E-state index contributed by atoms with van der Waals surface area (Å²) in [6.07, 6.45) is 6.60. The standard InChI is InChI=1S/C13H18N2O2/c1-3-5-6-9-14-12-11(8-7-10-15-12)13(16)17-4-2/h3,5,7-8,10H,4,6,9H2,1-2H3,(H,14,15)/b5-3+. The number of pyridine rings is 1. The SMILES string of the molecule is C/C=C/CCNc1ncccc1C(=O)OCC. The second kappa shape index (κ2) is 7.44. The van der Waals surface area contributed by atoms with E-state index in [4.69, 9.17) is 4.74 Å². The molecule has 1 heterocycles. The molecule has 0 unspecified atom stereocenters. The van der Waals surface area contributed by atoms with E-state index in [9.17, 15) is 4.79 Å². The quantitative estimate of drug-likeness (QED) is 0.467. The van der Waals surface area contributed by atoms with Crippen LogP contribution in [0.25, 0.3) is 0 Å². The molecule has 0 aliphatic rings. The number of nitrogens with zero attached hydrogens (tertiary/aromatic N) is 1. The number of esters is 1. The van der Waals surface area contributed by atoms with E-state index in [2.05, 4.69) is 16.4 Å². The van der Waals surface area contributed by atoms with E-state index in [1.165, 1.54) is 0 Å². The molecule has 0 radical (unpaired) electrons. The highest BCUT2D eigenvalue weighted by molar-refractivity contribution is 5.94. The molecule has 0 spiro atoms. The van der Waals surface area contributed by atoms with Crippen molar-refractivity contribution in [2.24, 2.45) is 0 Å². The van der Waals surface area contributed by atoms with Crippen LogP contribution in [0.4, 0.5) is 5.82 Å². The van der Waals surface area contributed by atoms with E-state index in [0.29, 0.717) is 18.0 Å². The van der Waals surface area contributed by atoms with Gasteiger partial charge in [-0.25, -0.2) is 9.78 Å². The van der Waals surface area contributed by atoms with E-state index in [-0.39, 0.29) is 5.97 Å². The number of hydrogen-bond donors (Lipinski definition) is 1. The number of aromatic nitrogens is 1. The molecule has 1 rings (SSSR count). The van der Waals surface area contributed by atoms with Gasteiger partial charge >= 0.3 is 5.97 Å². The minimum Gasteiger partial charge on any atom is -0.462 e. The van der Waals surface area contributed by atoms with Crippen LogP contribution in [0.1, 0.15) is 30.6 Å². The maximum absolute atomic E-state index is 11.6. The van der Waals surface area contributed by atoms with Gasteiger partial charge in [-0.1, -0.05) is 12.2 Å². The average Bonchev–Trinajstić information content (AvgIpc) is 2.35. The molecule has 0 saturated carbocycles. The first kappa shape index (κ1) is 13.2. The molecule has 0 fully saturated rings. The topological polar surface area (TPSA) is 51.2 Å². The molecular formula is C13H18N2O2. The fraction of sp³-hybridized carbons (Fsp3) is 0.385. The van der Waals surface area contributed by atoms with Gasteiger partial charge in [-0.15, -0.1) is 0 Å². The molecule has 0 aromatic carbocycles. The van der Waals surface area contributed by atoms with Crippen LogP contribution in [0.5, 0.6) is 0 Å². The van der Waals surface area contributed by atoms with Gasteiger partial charge in [0.05, 0.1) is 6.61 Å². The highest BCUT2D eigenvalue weighted by Gasteiger charge is 2.12. The second-order valence-corrected chi connectivity index (χ2v) is 3.40. The lowest BCUT2D eigenvalue weighted by molar-refractivity contribution is 0.0527. The molecule has 4 nitrogen and oxygen atoms in total. The molecule has 17 heavy (non-hydrogen) atoms. The smallest absolute Gasteiger partial charge is 0.341 e. The third kappa shape index (κ3) is 4.26. The summed E-state index contributed by atoms with van der Waals surface area (Å²) >= 11 is 0. The van der Waals surface area contributed by atoms with Gasteiger partial charge in [0.1, 0.15) is 11.4 Å². The van der Waals surface area contributed by atoms with Crippen LogP contribution in [0.3, 0.4) is 0 Å². The highest BCUT2D eigenvalue weighted by atomic mass is 16.5. The predicted octanol–water partition coefficient (Wildman–Crippen LogP) is 2.64. The van der Waals surface area contributed by atoms with Crippen LogP contribution < -0.4 is 5.32 Å². The summed E-state index contributed by atoms with van der Waals surface area (Å²) in [5.74, 6) is 0.240. The number of allylic oxidation sites excluding steroid dienone is 1.